The predicted octanol–water partition coefficient (Wildman–Crippen LogP) is 3.24. The first kappa shape index (κ1) is 15.2. The first-order chi connectivity index (χ1) is 9.17. The van der Waals surface area contributed by atoms with E-state index in [1.54, 1.807) is 6.92 Å². The number of hydrogen-bond acceptors (Lipinski definition) is 6. The van der Waals surface area contributed by atoms with Crippen LogP contribution in [-0.2, 0) is 0 Å². The van der Waals surface area contributed by atoms with Crippen molar-refractivity contribution >= 4 is 23.5 Å². The summed E-state index contributed by atoms with van der Waals surface area (Å²) < 4.78 is 5.38. The summed E-state index contributed by atoms with van der Waals surface area (Å²) in [6.07, 6.45) is 1.48. The molecule has 0 amide bonds. The number of nitrogens with zero attached hydrogens (tertiary/aromatic N) is 2. The van der Waals surface area contributed by atoms with Crippen molar-refractivity contribution in [2.75, 3.05) is 11.5 Å². The summed E-state index contributed by atoms with van der Waals surface area (Å²) in [5.41, 5.74) is 0. The van der Waals surface area contributed by atoms with Gasteiger partial charge in [0.05, 0.1) is 17.3 Å². The van der Waals surface area contributed by atoms with Crippen molar-refractivity contribution in [3.8, 4) is 0 Å². The molecule has 0 aromatic carbocycles. The minimum Gasteiger partial charge on any atom is -0.393 e. The molecule has 1 aromatic heterocycles. The third kappa shape index (κ3) is 3.47. The van der Waals surface area contributed by atoms with Crippen LogP contribution in [0, 0.1) is 0 Å². The first-order valence-electron chi connectivity index (χ1n) is 6.92. The molecule has 2 rings (SSSR count). The van der Waals surface area contributed by atoms with Gasteiger partial charge in [0.25, 0.3) is 0 Å². The van der Waals surface area contributed by atoms with Crippen molar-refractivity contribution in [1.29, 1.82) is 0 Å². The van der Waals surface area contributed by atoms with E-state index in [0.29, 0.717) is 16.4 Å². The zero-order chi connectivity index (χ0) is 13.8. The molecule has 108 valence electrons. The summed E-state index contributed by atoms with van der Waals surface area (Å²) in [4.78, 5) is 4.55. The van der Waals surface area contributed by atoms with Gasteiger partial charge in [0.15, 0.2) is 5.82 Å². The van der Waals surface area contributed by atoms with Crippen LogP contribution in [0.1, 0.15) is 56.5 Å². The lowest BCUT2D eigenvalue weighted by atomic mass is 10.0. The number of aliphatic hydroxyl groups excluding tert-OH is 1. The second kappa shape index (κ2) is 6.99. The maximum atomic E-state index is 9.75. The van der Waals surface area contributed by atoms with Gasteiger partial charge in [-0.1, -0.05) is 19.0 Å². The highest BCUT2D eigenvalue weighted by atomic mass is 32.2. The molecular weight excluding hydrogens is 280 g/mol. The second-order valence-corrected chi connectivity index (χ2v) is 7.45. The van der Waals surface area contributed by atoms with Crippen molar-refractivity contribution in [2.45, 2.75) is 56.1 Å². The highest BCUT2D eigenvalue weighted by Crippen LogP contribution is 2.43. The largest absolute Gasteiger partial charge is 0.393 e. The summed E-state index contributed by atoms with van der Waals surface area (Å²) >= 11 is 3.93. The third-order valence-corrected chi connectivity index (χ3v) is 6.75. The van der Waals surface area contributed by atoms with E-state index in [1.807, 2.05) is 30.4 Å². The van der Waals surface area contributed by atoms with Crippen molar-refractivity contribution in [3.05, 3.63) is 11.7 Å². The Bertz CT molecular complexity index is 398. The van der Waals surface area contributed by atoms with Gasteiger partial charge in [-0.15, -0.1) is 11.8 Å². The van der Waals surface area contributed by atoms with Crippen LogP contribution in [0.5, 0.6) is 0 Å². The smallest absolute Gasteiger partial charge is 0.232 e. The Balaban J connectivity index is 2.15. The number of rotatable bonds is 5. The van der Waals surface area contributed by atoms with E-state index in [4.69, 9.17) is 4.52 Å². The zero-order valence-electron chi connectivity index (χ0n) is 11.7. The van der Waals surface area contributed by atoms with Gasteiger partial charge in [0.1, 0.15) is 0 Å². The average Bonchev–Trinajstić information content (AvgIpc) is 2.88. The molecule has 0 bridgehead atoms. The zero-order valence-corrected chi connectivity index (χ0v) is 13.3. The van der Waals surface area contributed by atoms with E-state index in [0.717, 1.165) is 24.4 Å². The molecule has 4 nitrogen and oxygen atoms in total. The van der Waals surface area contributed by atoms with Crippen LogP contribution in [0.4, 0.5) is 0 Å². The quantitative estimate of drug-likeness (QED) is 0.901. The molecule has 1 fully saturated rings. The molecule has 4 atom stereocenters. The van der Waals surface area contributed by atoms with Crippen molar-refractivity contribution < 1.29 is 9.63 Å². The monoisotopic (exact) mass is 302 g/mol. The topological polar surface area (TPSA) is 59.2 Å². The van der Waals surface area contributed by atoms with Crippen LogP contribution in [0.15, 0.2) is 4.52 Å². The van der Waals surface area contributed by atoms with Crippen LogP contribution < -0.4 is 0 Å². The van der Waals surface area contributed by atoms with Gasteiger partial charge < -0.3 is 9.63 Å². The maximum Gasteiger partial charge on any atom is 0.232 e. The Labute approximate surface area is 123 Å². The normalized spacial score (nSPS) is 27.2. The van der Waals surface area contributed by atoms with Crippen LogP contribution >= 0.6 is 23.5 Å². The number of aliphatic hydroxyl groups is 1. The molecule has 1 aliphatic rings. The molecule has 0 saturated carbocycles. The summed E-state index contributed by atoms with van der Waals surface area (Å²) in [5, 5.41) is 14.8. The van der Waals surface area contributed by atoms with Crippen molar-refractivity contribution in [3.63, 3.8) is 0 Å². The molecule has 0 spiro atoms. The summed E-state index contributed by atoms with van der Waals surface area (Å²) in [6.45, 7) is 6.02. The number of hydrogen-bond donors (Lipinski definition) is 1. The van der Waals surface area contributed by atoms with E-state index >= 15 is 0 Å². The van der Waals surface area contributed by atoms with Crippen molar-refractivity contribution in [2.24, 2.45) is 0 Å². The Morgan fingerprint density at radius 3 is 2.74 bits per heavy atom. The van der Waals surface area contributed by atoms with Crippen LogP contribution in [0.3, 0.4) is 0 Å². The van der Waals surface area contributed by atoms with Crippen LogP contribution in [-0.4, -0.2) is 38.1 Å². The van der Waals surface area contributed by atoms with E-state index in [2.05, 4.69) is 17.1 Å². The van der Waals surface area contributed by atoms with E-state index < -0.39 is 6.10 Å². The Hall–Kier alpha value is -0.200. The van der Waals surface area contributed by atoms with Gasteiger partial charge in [-0.2, -0.15) is 16.7 Å². The Morgan fingerprint density at radius 2 is 2.11 bits per heavy atom. The fourth-order valence-corrected chi connectivity index (χ4v) is 5.36. The molecule has 19 heavy (non-hydrogen) atoms. The lowest BCUT2D eigenvalue weighted by Gasteiger charge is -2.27. The van der Waals surface area contributed by atoms with Gasteiger partial charge in [-0.25, -0.2) is 0 Å². The van der Waals surface area contributed by atoms with E-state index in [1.165, 1.54) is 5.75 Å². The Kier molecular flexibility index (Phi) is 5.59. The molecule has 1 N–H and O–H groups in total. The second-order valence-electron chi connectivity index (χ2n) is 4.86. The minimum absolute atomic E-state index is 0.0532. The molecule has 1 aliphatic heterocycles. The molecule has 1 saturated heterocycles. The van der Waals surface area contributed by atoms with Crippen LogP contribution in [0.2, 0.25) is 0 Å². The average molecular weight is 302 g/mol. The lowest BCUT2D eigenvalue weighted by Crippen LogP contribution is -2.19. The fraction of sp³-hybridized carbons (Fsp3) is 0.846. The Morgan fingerprint density at radius 1 is 1.37 bits per heavy atom. The van der Waals surface area contributed by atoms with Gasteiger partial charge in [0.2, 0.25) is 5.89 Å². The molecule has 4 unspecified atom stereocenters. The molecule has 0 radical (unpaired) electrons. The summed E-state index contributed by atoms with van der Waals surface area (Å²) in [5.74, 6) is 3.68. The van der Waals surface area contributed by atoms with Gasteiger partial charge in [0, 0.05) is 16.8 Å². The SMILES string of the molecule is CCC1SCCSC1c1noc(C(CC)C(C)O)n1. The predicted molar refractivity (Wildman–Crippen MR) is 80.7 cm³/mol. The minimum atomic E-state index is -0.450. The molecule has 2 heterocycles. The third-order valence-electron chi connectivity index (χ3n) is 3.50. The molecule has 0 aliphatic carbocycles. The van der Waals surface area contributed by atoms with Crippen LogP contribution in [0.25, 0.3) is 0 Å². The van der Waals surface area contributed by atoms with Crippen molar-refractivity contribution in [1.82, 2.24) is 10.1 Å². The van der Waals surface area contributed by atoms with E-state index in [-0.39, 0.29) is 5.92 Å². The molecular formula is C13H22N2O2S2. The number of thioether (sulfide) groups is 2. The van der Waals surface area contributed by atoms with Gasteiger partial charge in [-0.3, -0.25) is 0 Å². The fourth-order valence-electron chi connectivity index (χ4n) is 2.38. The first-order valence-corrected chi connectivity index (χ1v) is 9.01. The van der Waals surface area contributed by atoms with Gasteiger partial charge in [-0.05, 0) is 19.8 Å². The lowest BCUT2D eigenvalue weighted by molar-refractivity contribution is 0.141. The molecule has 1 aromatic rings. The number of aromatic nitrogens is 2. The molecule has 6 heteroatoms. The van der Waals surface area contributed by atoms with E-state index in [9.17, 15) is 5.11 Å². The standard InChI is InChI=1S/C13H22N2O2S2/c1-4-9(8(3)16)13-14-12(15-17-13)11-10(5-2)18-6-7-19-11/h8-11,16H,4-7H2,1-3H3. The maximum absolute atomic E-state index is 9.75. The van der Waals surface area contributed by atoms with Gasteiger partial charge >= 0.3 is 0 Å². The highest BCUT2D eigenvalue weighted by molar-refractivity contribution is 8.06. The summed E-state index contributed by atoms with van der Waals surface area (Å²) in [6, 6.07) is 0. The summed E-state index contributed by atoms with van der Waals surface area (Å²) in [7, 11) is 0. The highest BCUT2D eigenvalue weighted by Gasteiger charge is 2.31.